The normalized spacial score (nSPS) is 12.2. The first-order valence-corrected chi connectivity index (χ1v) is 9.76. The zero-order valence-electron chi connectivity index (χ0n) is 15.0. The number of benzene rings is 2. The zero-order chi connectivity index (χ0) is 19.9. The molecule has 0 aromatic heterocycles. The molecule has 154 valence electrons. The van der Waals surface area contributed by atoms with E-state index >= 15 is 0 Å². The molecule has 0 spiro atoms. The number of guanidine groups is 1. The molecule has 2 N–H and O–H groups in total. The quantitative estimate of drug-likeness (QED) is 0.343. The molecule has 0 amide bonds. The molecule has 0 bridgehead atoms. The maximum Gasteiger partial charge on any atom is 0.416 e. The molecular weight excluding hydrogens is 506 g/mol. The predicted molar refractivity (Wildman–Crippen MR) is 114 cm³/mol. The van der Waals surface area contributed by atoms with Crippen molar-refractivity contribution in [2.45, 2.75) is 17.6 Å². The van der Waals surface area contributed by atoms with Gasteiger partial charge in [-0.2, -0.15) is 13.2 Å². The molecule has 0 aliphatic rings. The van der Waals surface area contributed by atoms with Crippen molar-refractivity contribution < 1.29 is 21.6 Å². The van der Waals surface area contributed by atoms with Crippen LogP contribution >= 0.6 is 24.0 Å². The van der Waals surface area contributed by atoms with E-state index in [0.717, 1.165) is 12.1 Å². The zero-order valence-corrected chi connectivity index (χ0v) is 18.2. The van der Waals surface area contributed by atoms with E-state index in [4.69, 9.17) is 0 Å². The Balaban J connectivity index is 0.00000392. The number of hydrogen-bond acceptors (Lipinski definition) is 3. The highest BCUT2D eigenvalue weighted by atomic mass is 127. The third-order valence-electron chi connectivity index (χ3n) is 3.70. The Hall–Kier alpha value is -1.82. The fourth-order valence-electron chi connectivity index (χ4n) is 2.31. The van der Waals surface area contributed by atoms with Gasteiger partial charge in [-0.05, 0) is 29.8 Å². The van der Waals surface area contributed by atoms with E-state index in [0.29, 0.717) is 11.5 Å². The molecule has 0 atom stereocenters. The molecule has 0 saturated carbocycles. The largest absolute Gasteiger partial charge is 0.416 e. The van der Waals surface area contributed by atoms with Crippen LogP contribution in [0.5, 0.6) is 0 Å². The third kappa shape index (κ3) is 7.30. The summed E-state index contributed by atoms with van der Waals surface area (Å²) in [5, 5.41) is 5.72. The molecule has 0 saturated heterocycles. The summed E-state index contributed by atoms with van der Waals surface area (Å²) in [6.07, 6.45) is -4.40. The number of nitrogens with zero attached hydrogens (tertiary/aromatic N) is 1. The van der Waals surface area contributed by atoms with E-state index < -0.39 is 21.6 Å². The number of rotatable bonds is 6. The Morgan fingerprint density at radius 2 is 1.71 bits per heavy atom. The van der Waals surface area contributed by atoms with E-state index in [1.807, 2.05) is 0 Å². The lowest BCUT2D eigenvalue weighted by Crippen LogP contribution is -2.39. The van der Waals surface area contributed by atoms with Crippen molar-refractivity contribution in [1.82, 2.24) is 10.6 Å². The molecule has 5 nitrogen and oxygen atoms in total. The second-order valence-corrected chi connectivity index (χ2v) is 7.79. The van der Waals surface area contributed by atoms with Crippen LogP contribution in [0.3, 0.4) is 0 Å². The van der Waals surface area contributed by atoms with Crippen LogP contribution in [0.4, 0.5) is 13.2 Å². The van der Waals surface area contributed by atoms with Crippen LogP contribution in [0.2, 0.25) is 0 Å². The van der Waals surface area contributed by atoms with E-state index in [9.17, 15) is 21.6 Å². The highest BCUT2D eigenvalue weighted by Gasteiger charge is 2.30. The summed E-state index contributed by atoms with van der Waals surface area (Å²) in [4.78, 5) is 4.18. The molecule has 28 heavy (non-hydrogen) atoms. The van der Waals surface area contributed by atoms with Crippen molar-refractivity contribution >= 4 is 39.8 Å². The number of sulfone groups is 1. The lowest BCUT2D eigenvalue weighted by atomic mass is 10.1. The van der Waals surface area contributed by atoms with Crippen molar-refractivity contribution in [3.63, 3.8) is 0 Å². The second kappa shape index (κ2) is 10.6. The molecular formula is C18H21F3IN3O2S. The minimum absolute atomic E-state index is 0. The summed E-state index contributed by atoms with van der Waals surface area (Å²) in [7, 11) is -1.93. The van der Waals surface area contributed by atoms with Gasteiger partial charge in [0, 0.05) is 20.1 Å². The average molecular weight is 527 g/mol. The number of nitrogens with one attached hydrogen (secondary N) is 2. The Bertz CT molecular complexity index is 888. The highest BCUT2D eigenvalue weighted by Crippen LogP contribution is 2.29. The summed E-state index contributed by atoms with van der Waals surface area (Å²) in [5.41, 5.74) is -0.289. The van der Waals surface area contributed by atoms with E-state index in [-0.39, 0.29) is 47.7 Å². The fraction of sp³-hybridized carbons (Fsp3) is 0.278. The lowest BCUT2D eigenvalue weighted by molar-refractivity contribution is -0.137. The van der Waals surface area contributed by atoms with Crippen molar-refractivity contribution in [3.8, 4) is 0 Å². The minimum atomic E-state index is -4.40. The first kappa shape index (κ1) is 24.2. The molecule has 0 unspecified atom stereocenters. The van der Waals surface area contributed by atoms with Gasteiger partial charge in [0.15, 0.2) is 15.8 Å². The van der Waals surface area contributed by atoms with E-state index in [2.05, 4.69) is 15.6 Å². The molecule has 0 radical (unpaired) electrons. The number of aliphatic imine (C=N–C) groups is 1. The first-order valence-electron chi connectivity index (χ1n) is 8.11. The summed E-state index contributed by atoms with van der Waals surface area (Å²) in [6.45, 7) is 0.231. The van der Waals surface area contributed by atoms with Gasteiger partial charge in [-0.3, -0.25) is 4.99 Å². The lowest BCUT2D eigenvalue weighted by Gasteiger charge is -2.13. The van der Waals surface area contributed by atoms with Crippen LogP contribution in [-0.2, 0) is 22.6 Å². The molecule has 0 heterocycles. The van der Waals surface area contributed by atoms with Crippen molar-refractivity contribution in [1.29, 1.82) is 0 Å². The van der Waals surface area contributed by atoms with Crippen molar-refractivity contribution in [3.05, 3.63) is 65.7 Å². The van der Waals surface area contributed by atoms with Gasteiger partial charge in [-0.15, -0.1) is 24.0 Å². The number of alkyl halides is 3. The number of halogens is 4. The van der Waals surface area contributed by atoms with Crippen molar-refractivity contribution in [2.75, 3.05) is 19.3 Å². The van der Waals surface area contributed by atoms with Crippen LogP contribution in [0.15, 0.2) is 64.5 Å². The average Bonchev–Trinajstić information content (AvgIpc) is 2.64. The fourth-order valence-corrected chi connectivity index (χ4v) is 3.49. The van der Waals surface area contributed by atoms with Crippen LogP contribution < -0.4 is 10.6 Å². The number of hydrogen-bond donors (Lipinski definition) is 2. The molecule has 2 rings (SSSR count). The molecule has 0 aliphatic heterocycles. The maximum atomic E-state index is 12.7. The summed E-state index contributed by atoms with van der Waals surface area (Å²) in [6, 6.07) is 13.0. The Morgan fingerprint density at radius 1 is 1.04 bits per heavy atom. The minimum Gasteiger partial charge on any atom is -0.355 e. The molecule has 2 aromatic carbocycles. The van der Waals surface area contributed by atoms with Gasteiger partial charge in [-0.1, -0.05) is 30.3 Å². The first-order chi connectivity index (χ1) is 12.7. The van der Waals surface area contributed by atoms with E-state index in [1.54, 1.807) is 24.3 Å². The van der Waals surface area contributed by atoms with Crippen LogP contribution in [0.25, 0.3) is 0 Å². The maximum absolute atomic E-state index is 12.7. The Morgan fingerprint density at radius 3 is 2.32 bits per heavy atom. The monoisotopic (exact) mass is 527 g/mol. The van der Waals surface area contributed by atoms with Crippen LogP contribution in [0.1, 0.15) is 11.1 Å². The standard InChI is InChI=1S/C18H20F3N3O2S.HI/c1-22-17(23-10-11-27(25,26)16-8-3-2-4-9-16)24-13-14-6-5-7-15(12-14)18(19,20)21;/h2-9,12H,10-11,13H2,1H3,(H2,22,23,24);1H. The second-order valence-electron chi connectivity index (χ2n) is 5.68. The van der Waals surface area contributed by atoms with Gasteiger partial charge in [0.25, 0.3) is 0 Å². The summed E-state index contributed by atoms with van der Waals surface area (Å²) < 4.78 is 62.6. The molecule has 2 aromatic rings. The van der Waals surface area contributed by atoms with E-state index in [1.165, 1.54) is 25.2 Å². The molecule has 10 heteroatoms. The Kier molecular flexibility index (Phi) is 9.21. The van der Waals surface area contributed by atoms with Gasteiger partial charge in [-0.25, -0.2) is 8.42 Å². The highest BCUT2D eigenvalue weighted by molar-refractivity contribution is 14.0. The predicted octanol–water partition coefficient (Wildman–Crippen LogP) is 3.46. The summed E-state index contributed by atoms with van der Waals surface area (Å²) >= 11 is 0. The van der Waals surface area contributed by atoms with Gasteiger partial charge >= 0.3 is 6.18 Å². The molecule has 0 aliphatic carbocycles. The van der Waals surface area contributed by atoms with Gasteiger partial charge in [0.2, 0.25) is 0 Å². The van der Waals surface area contributed by atoms with Gasteiger partial charge in [0.1, 0.15) is 0 Å². The SMILES string of the molecule is CN=C(NCCS(=O)(=O)c1ccccc1)NCc1cccc(C(F)(F)F)c1.I. The van der Waals surface area contributed by atoms with Gasteiger partial charge < -0.3 is 10.6 Å². The van der Waals surface area contributed by atoms with Crippen LogP contribution in [0, 0.1) is 0 Å². The smallest absolute Gasteiger partial charge is 0.355 e. The third-order valence-corrected chi connectivity index (χ3v) is 5.44. The Labute approximate surface area is 179 Å². The summed E-state index contributed by atoms with van der Waals surface area (Å²) in [5.74, 6) is 0.164. The van der Waals surface area contributed by atoms with Gasteiger partial charge in [0.05, 0.1) is 16.2 Å². The van der Waals surface area contributed by atoms with Crippen molar-refractivity contribution in [2.24, 2.45) is 4.99 Å². The topological polar surface area (TPSA) is 70.6 Å². The van der Waals surface area contributed by atoms with Crippen LogP contribution in [-0.4, -0.2) is 33.7 Å². The molecule has 0 fully saturated rings.